The van der Waals surface area contributed by atoms with Crippen LogP contribution in [0.25, 0.3) is 0 Å². The van der Waals surface area contributed by atoms with Crippen LogP contribution >= 0.6 is 15.9 Å². The third-order valence-corrected chi connectivity index (χ3v) is 8.02. The van der Waals surface area contributed by atoms with E-state index in [9.17, 15) is 18.0 Å². The predicted molar refractivity (Wildman–Crippen MR) is 125 cm³/mol. The Bertz CT molecular complexity index is 1230. The van der Waals surface area contributed by atoms with Crippen LogP contribution in [0.15, 0.2) is 94.3 Å². The van der Waals surface area contributed by atoms with Crippen LogP contribution in [0.5, 0.6) is 0 Å². The molecule has 32 heavy (non-hydrogen) atoms. The summed E-state index contributed by atoms with van der Waals surface area (Å²) in [5, 5.41) is 0. The number of benzene rings is 3. The molecule has 0 bridgehead atoms. The number of hydrogen-bond acceptors (Lipinski definition) is 4. The van der Waals surface area contributed by atoms with Gasteiger partial charge in [-0.1, -0.05) is 64.5 Å². The number of carbonyl (C=O) groups excluding carboxylic acids is 2. The number of amides is 2. The maximum atomic E-state index is 13.7. The topological polar surface area (TPSA) is 74.8 Å². The van der Waals surface area contributed by atoms with Gasteiger partial charge < -0.3 is 0 Å². The maximum Gasteiger partial charge on any atom is 0.252 e. The summed E-state index contributed by atoms with van der Waals surface area (Å²) in [5.41, 5.74) is 1.14. The van der Waals surface area contributed by atoms with Crippen LogP contribution in [-0.4, -0.2) is 30.6 Å². The molecule has 2 atom stereocenters. The fourth-order valence-electron chi connectivity index (χ4n) is 3.91. The Hall–Kier alpha value is -2.81. The zero-order chi connectivity index (χ0) is 22.9. The quantitative estimate of drug-likeness (QED) is 0.454. The average Bonchev–Trinajstić information content (AvgIpc) is 3.09. The van der Waals surface area contributed by atoms with E-state index >= 15 is 0 Å². The molecule has 1 saturated heterocycles. The number of hydrogen-bond donors (Lipinski definition) is 0. The van der Waals surface area contributed by atoms with E-state index < -0.39 is 33.9 Å². The van der Waals surface area contributed by atoms with Gasteiger partial charge in [0.2, 0.25) is 15.9 Å². The van der Waals surface area contributed by atoms with Gasteiger partial charge in [-0.2, -0.15) is 4.31 Å². The van der Waals surface area contributed by atoms with Gasteiger partial charge in [-0.05, 0) is 48.9 Å². The van der Waals surface area contributed by atoms with Gasteiger partial charge >= 0.3 is 0 Å². The highest BCUT2D eigenvalue weighted by molar-refractivity contribution is 9.10. The summed E-state index contributed by atoms with van der Waals surface area (Å²) in [7, 11) is -4.07. The second-order valence-corrected chi connectivity index (χ2v) is 10.3. The van der Waals surface area contributed by atoms with E-state index in [4.69, 9.17) is 0 Å². The van der Waals surface area contributed by atoms with Crippen LogP contribution in [0.1, 0.15) is 24.9 Å². The van der Waals surface area contributed by atoms with Crippen LogP contribution in [-0.2, 0) is 19.6 Å². The standard InChI is InChI=1S/C24H21BrN2O4S/c1-17(18-8-4-2-5-9-18)27(32(30,31)21-10-6-3-7-11-21)22-16-23(28)26(24(22)29)20-14-12-19(25)13-15-20/h2-15,17,22H,16H2,1H3. The van der Waals surface area contributed by atoms with Gasteiger partial charge in [0.05, 0.1) is 17.0 Å². The highest BCUT2D eigenvalue weighted by atomic mass is 79.9. The number of carbonyl (C=O) groups is 2. The summed E-state index contributed by atoms with van der Waals surface area (Å²) in [5.74, 6) is -0.990. The normalized spacial score (nSPS) is 17.7. The van der Waals surface area contributed by atoms with Crippen molar-refractivity contribution in [2.24, 2.45) is 0 Å². The van der Waals surface area contributed by atoms with Crippen molar-refractivity contribution in [2.45, 2.75) is 30.3 Å². The fourth-order valence-corrected chi connectivity index (χ4v) is 5.96. The van der Waals surface area contributed by atoms with Crippen molar-refractivity contribution in [1.29, 1.82) is 0 Å². The summed E-state index contributed by atoms with van der Waals surface area (Å²) in [6, 6.07) is 22.0. The molecule has 1 aliphatic rings. The minimum Gasteiger partial charge on any atom is -0.274 e. The zero-order valence-corrected chi connectivity index (χ0v) is 19.7. The molecule has 0 aliphatic carbocycles. The molecule has 6 nitrogen and oxygen atoms in total. The van der Waals surface area contributed by atoms with Crippen molar-refractivity contribution >= 4 is 43.5 Å². The van der Waals surface area contributed by atoms with E-state index in [1.165, 1.54) is 16.4 Å². The Morgan fingerprint density at radius 2 is 1.47 bits per heavy atom. The lowest BCUT2D eigenvalue weighted by atomic mass is 10.1. The molecule has 3 aromatic carbocycles. The van der Waals surface area contributed by atoms with Crippen molar-refractivity contribution in [3.63, 3.8) is 0 Å². The first-order valence-electron chi connectivity index (χ1n) is 10.1. The lowest BCUT2D eigenvalue weighted by Gasteiger charge is -2.32. The Kier molecular flexibility index (Phi) is 6.28. The molecule has 2 amide bonds. The Labute approximate surface area is 195 Å². The van der Waals surface area contributed by atoms with Gasteiger partial charge in [0.15, 0.2) is 0 Å². The molecule has 164 valence electrons. The molecule has 1 heterocycles. The van der Waals surface area contributed by atoms with Gasteiger partial charge in [0.25, 0.3) is 5.91 Å². The van der Waals surface area contributed by atoms with E-state index in [2.05, 4.69) is 15.9 Å². The van der Waals surface area contributed by atoms with Crippen molar-refractivity contribution < 1.29 is 18.0 Å². The first-order chi connectivity index (χ1) is 15.3. The zero-order valence-electron chi connectivity index (χ0n) is 17.3. The van der Waals surface area contributed by atoms with E-state index in [0.29, 0.717) is 5.69 Å². The Morgan fingerprint density at radius 3 is 2.06 bits per heavy atom. The first-order valence-corrected chi connectivity index (χ1v) is 12.3. The molecule has 4 rings (SSSR count). The Morgan fingerprint density at radius 1 is 0.906 bits per heavy atom. The summed E-state index contributed by atoms with van der Waals surface area (Å²) in [6.45, 7) is 1.73. The lowest BCUT2D eigenvalue weighted by molar-refractivity contribution is -0.122. The number of imide groups is 1. The Balaban J connectivity index is 1.79. The SMILES string of the molecule is CC(c1ccccc1)N(C1CC(=O)N(c2ccc(Br)cc2)C1=O)S(=O)(=O)c1ccccc1. The molecule has 1 fully saturated rings. The van der Waals surface area contributed by atoms with Crippen molar-refractivity contribution in [3.05, 3.63) is 95.0 Å². The van der Waals surface area contributed by atoms with Crippen LogP contribution < -0.4 is 4.90 Å². The minimum atomic E-state index is -4.07. The summed E-state index contributed by atoms with van der Waals surface area (Å²) >= 11 is 3.34. The molecule has 0 N–H and O–H groups in total. The van der Waals surface area contributed by atoms with Crippen molar-refractivity contribution in [1.82, 2.24) is 4.31 Å². The van der Waals surface area contributed by atoms with Crippen LogP contribution in [0.3, 0.4) is 0 Å². The van der Waals surface area contributed by atoms with Gasteiger partial charge in [-0.3, -0.25) is 9.59 Å². The van der Waals surface area contributed by atoms with Gasteiger partial charge in [0, 0.05) is 10.5 Å². The first kappa shape index (κ1) is 22.4. The number of nitrogens with zero attached hydrogens (tertiary/aromatic N) is 2. The van der Waals surface area contributed by atoms with Crippen LogP contribution in [0, 0.1) is 0 Å². The van der Waals surface area contributed by atoms with Crippen LogP contribution in [0.4, 0.5) is 5.69 Å². The van der Waals surface area contributed by atoms with Crippen molar-refractivity contribution in [2.75, 3.05) is 4.90 Å². The van der Waals surface area contributed by atoms with Crippen molar-refractivity contribution in [3.8, 4) is 0 Å². The number of anilines is 1. The van der Waals surface area contributed by atoms with E-state index in [1.54, 1.807) is 49.4 Å². The molecular weight excluding hydrogens is 492 g/mol. The second kappa shape index (κ2) is 8.97. The molecule has 0 spiro atoms. The predicted octanol–water partition coefficient (Wildman–Crippen LogP) is 4.53. The monoisotopic (exact) mass is 512 g/mol. The van der Waals surface area contributed by atoms with Gasteiger partial charge in [0.1, 0.15) is 6.04 Å². The van der Waals surface area contributed by atoms with E-state index in [1.807, 2.05) is 30.3 Å². The smallest absolute Gasteiger partial charge is 0.252 e. The average molecular weight is 513 g/mol. The van der Waals surface area contributed by atoms with Gasteiger partial charge in [-0.15, -0.1) is 0 Å². The summed E-state index contributed by atoms with van der Waals surface area (Å²) in [6.07, 6.45) is -0.224. The number of rotatable bonds is 6. The fraction of sp³-hybridized carbons (Fsp3) is 0.167. The molecule has 0 aromatic heterocycles. The maximum absolute atomic E-state index is 13.7. The molecule has 1 aliphatic heterocycles. The molecule has 2 unspecified atom stereocenters. The lowest BCUT2D eigenvalue weighted by Crippen LogP contribution is -2.46. The number of halogens is 1. The second-order valence-electron chi connectivity index (χ2n) is 7.50. The van der Waals surface area contributed by atoms with E-state index in [-0.39, 0.29) is 11.3 Å². The minimum absolute atomic E-state index is 0.0742. The molecule has 0 radical (unpaired) electrons. The summed E-state index contributed by atoms with van der Waals surface area (Å²) in [4.78, 5) is 27.5. The number of sulfonamides is 1. The molecule has 3 aromatic rings. The summed E-state index contributed by atoms with van der Waals surface area (Å²) < 4.78 is 29.4. The molecular formula is C24H21BrN2O4S. The molecule has 8 heteroatoms. The third-order valence-electron chi connectivity index (χ3n) is 5.50. The van der Waals surface area contributed by atoms with Crippen LogP contribution in [0.2, 0.25) is 0 Å². The highest BCUT2D eigenvalue weighted by Crippen LogP contribution is 2.35. The largest absolute Gasteiger partial charge is 0.274 e. The highest BCUT2D eigenvalue weighted by Gasteiger charge is 2.48. The van der Waals surface area contributed by atoms with E-state index in [0.717, 1.165) is 14.9 Å². The molecule has 0 saturated carbocycles. The van der Waals surface area contributed by atoms with Gasteiger partial charge in [-0.25, -0.2) is 13.3 Å². The third kappa shape index (κ3) is 4.13.